The number of rotatable bonds is 4. The molecule has 1 aliphatic carbocycles. The molecular weight excluding hydrogens is 352 g/mol. The number of piperazine rings is 1. The summed E-state index contributed by atoms with van der Waals surface area (Å²) in [7, 11) is 0. The highest BCUT2D eigenvalue weighted by atomic mass is 16.2. The Hall–Kier alpha value is -2.89. The summed E-state index contributed by atoms with van der Waals surface area (Å²) in [6, 6.07) is 13.8. The summed E-state index contributed by atoms with van der Waals surface area (Å²) in [4.78, 5) is 33.7. The Morgan fingerprint density at radius 3 is 2.39 bits per heavy atom. The monoisotopic (exact) mass is 378 g/mol. The van der Waals surface area contributed by atoms with Gasteiger partial charge < -0.3 is 15.1 Å². The first-order valence-electron chi connectivity index (χ1n) is 10.1. The van der Waals surface area contributed by atoms with Gasteiger partial charge in [-0.3, -0.25) is 14.6 Å². The predicted molar refractivity (Wildman–Crippen MR) is 109 cm³/mol. The Morgan fingerprint density at radius 1 is 0.964 bits per heavy atom. The van der Waals surface area contributed by atoms with Gasteiger partial charge in [0.1, 0.15) is 5.69 Å². The third-order valence-corrected chi connectivity index (χ3v) is 5.62. The highest BCUT2D eigenvalue weighted by Crippen LogP contribution is 2.19. The van der Waals surface area contributed by atoms with Gasteiger partial charge in [-0.05, 0) is 37.1 Å². The van der Waals surface area contributed by atoms with Crippen molar-refractivity contribution in [1.29, 1.82) is 0 Å². The van der Waals surface area contributed by atoms with Crippen molar-refractivity contribution in [2.24, 2.45) is 0 Å². The maximum absolute atomic E-state index is 12.9. The third kappa shape index (κ3) is 4.16. The van der Waals surface area contributed by atoms with E-state index in [1.54, 1.807) is 18.3 Å². The Balaban J connectivity index is 1.38. The van der Waals surface area contributed by atoms with E-state index in [2.05, 4.69) is 27.3 Å². The molecule has 1 N–H and O–H groups in total. The number of carbonyl (C=O) groups excluding carboxylic acids is 2. The second-order valence-electron chi connectivity index (χ2n) is 7.50. The molecule has 4 rings (SSSR count). The molecule has 2 aliphatic rings. The molecule has 2 amide bonds. The minimum Gasteiger partial charge on any atom is -0.368 e. The Bertz CT molecular complexity index is 825. The van der Waals surface area contributed by atoms with Gasteiger partial charge in [0.25, 0.3) is 11.8 Å². The largest absolute Gasteiger partial charge is 0.368 e. The van der Waals surface area contributed by atoms with Crippen LogP contribution in [0.1, 0.15) is 46.5 Å². The lowest BCUT2D eigenvalue weighted by molar-refractivity contribution is 0.0741. The van der Waals surface area contributed by atoms with Gasteiger partial charge in [-0.25, -0.2) is 0 Å². The van der Waals surface area contributed by atoms with E-state index in [1.807, 2.05) is 23.1 Å². The lowest BCUT2D eigenvalue weighted by Crippen LogP contribution is -2.49. The van der Waals surface area contributed by atoms with Crippen LogP contribution in [0.4, 0.5) is 5.69 Å². The number of hydrogen-bond donors (Lipinski definition) is 1. The molecule has 146 valence electrons. The van der Waals surface area contributed by atoms with Crippen LogP contribution >= 0.6 is 0 Å². The van der Waals surface area contributed by atoms with Gasteiger partial charge >= 0.3 is 0 Å². The molecule has 2 heterocycles. The number of benzene rings is 1. The van der Waals surface area contributed by atoms with E-state index < -0.39 is 0 Å². The fraction of sp³-hybridized carbons (Fsp3) is 0.409. The molecule has 1 saturated carbocycles. The van der Waals surface area contributed by atoms with E-state index in [0.29, 0.717) is 24.3 Å². The molecular formula is C22H26N4O2. The first kappa shape index (κ1) is 18.5. The molecule has 0 radical (unpaired) electrons. The molecule has 2 aromatic rings. The summed E-state index contributed by atoms with van der Waals surface area (Å²) in [6.45, 7) is 2.87. The van der Waals surface area contributed by atoms with Crippen molar-refractivity contribution in [3.63, 3.8) is 0 Å². The number of nitrogens with one attached hydrogen (secondary N) is 1. The molecule has 6 nitrogen and oxygen atoms in total. The molecule has 0 unspecified atom stereocenters. The van der Waals surface area contributed by atoms with Crippen molar-refractivity contribution in [3.05, 3.63) is 59.9 Å². The molecule has 1 aliphatic heterocycles. The number of hydrogen-bond acceptors (Lipinski definition) is 4. The van der Waals surface area contributed by atoms with E-state index in [-0.39, 0.29) is 17.9 Å². The number of carbonyl (C=O) groups is 2. The Morgan fingerprint density at radius 2 is 1.68 bits per heavy atom. The Kier molecular flexibility index (Phi) is 5.55. The smallest absolute Gasteiger partial charge is 0.272 e. The topological polar surface area (TPSA) is 65.5 Å². The van der Waals surface area contributed by atoms with Crippen LogP contribution in [-0.4, -0.2) is 53.9 Å². The molecule has 1 aromatic carbocycles. The fourth-order valence-electron chi connectivity index (χ4n) is 4.00. The van der Waals surface area contributed by atoms with Crippen LogP contribution < -0.4 is 10.2 Å². The van der Waals surface area contributed by atoms with Crippen molar-refractivity contribution in [2.45, 2.75) is 31.7 Å². The van der Waals surface area contributed by atoms with Gasteiger partial charge in [0.2, 0.25) is 0 Å². The van der Waals surface area contributed by atoms with E-state index in [4.69, 9.17) is 0 Å². The second kappa shape index (κ2) is 8.42. The van der Waals surface area contributed by atoms with E-state index in [0.717, 1.165) is 25.9 Å². The van der Waals surface area contributed by atoms with Crippen LogP contribution in [0, 0.1) is 0 Å². The van der Waals surface area contributed by atoms with Crippen molar-refractivity contribution in [1.82, 2.24) is 15.2 Å². The summed E-state index contributed by atoms with van der Waals surface area (Å²) in [5.41, 5.74) is 2.03. The molecule has 0 atom stereocenters. The zero-order valence-corrected chi connectivity index (χ0v) is 16.0. The SMILES string of the molecule is O=C(NC1CCCC1)c1ccnc(C(=O)N2CCN(c3ccccc3)CC2)c1. The first-order valence-corrected chi connectivity index (χ1v) is 10.1. The van der Waals surface area contributed by atoms with Crippen LogP contribution in [-0.2, 0) is 0 Å². The zero-order chi connectivity index (χ0) is 19.3. The van der Waals surface area contributed by atoms with E-state index in [1.165, 1.54) is 18.5 Å². The van der Waals surface area contributed by atoms with Gasteiger partial charge in [-0.15, -0.1) is 0 Å². The summed E-state index contributed by atoms with van der Waals surface area (Å²) in [5, 5.41) is 3.07. The van der Waals surface area contributed by atoms with Crippen molar-refractivity contribution in [2.75, 3.05) is 31.1 Å². The molecule has 0 bridgehead atoms. The molecule has 1 saturated heterocycles. The fourth-order valence-corrected chi connectivity index (χ4v) is 4.00. The summed E-state index contributed by atoms with van der Waals surface area (Å²) >= 11 is 0. The number of pyridine rings is 1. The molecule has 1 aromatic heterocycles. The molecule has 6 heteroatoms. The van der Waals surface area contributed by atoms with Gasteiger partial charge in [0, 0.05) is 49.7 Å². The second-order valence-corrected chi connectivity index (χ2v) is 7.50. The quantitative estimate of drug-likeness (QED) is 0.888. The summed E-state index contributed by atoms with van der Waals surface area (Å²) in [5.74, 6) is -0.222. The zero-order valence-electron chi connectivity index (χ0n) is 16.0. The predicted octanol–water partition coefficient (Wildman–Crippen LogP) is 2.72. The number of aromatic nitrogens is 1. The normalized spacial score (nSPS) is 17.6. The van der Waals surface area contributed by atoms with Crippen LogP contribution in [0.15, 0.2) is 48.7 Å². The number of anilines is 1. The van der Waals surface area contributed by atoms with Crippen LogP contribution in [0.2, 0.25) is 0 Å². The summed E-state index contributed by atoms with van der Waals surface area (Å²) < 4.78 is 0. The Labute approximate surface area is 165 Å². The molecule has 0 spiro atoms. The third-order valence-electron chi connectivity index (χ3n) is 5.62. The van der Waals surface area contributed by atoms with Gasteiger partial charge in [0.05, 0.1) is 0 Å². The highest BCUT2D eigenvalue weighted by molar-refractivity contribution is 5.98. The standard InChI is InChI=1S/C22H26N4O2/c27-21(24-18-6-4-5-7-18)17-10-11-23-20(16-17)22(28)26-14-12-25(13-15-26)19-8-2-1-3-9-19/h1-3,8-11,16,18H,4-7,12-15H2,(H,24,27). The average molecular weight is 378 g/mol. The lowest BCUT2D eigenvalue weighted by Gasteiger charge is -2.36. The number of amides is 2. The molecule has 28 heavy (non-hydrogen) atoms. The van der Waals surface area contributed by atoms with Crippen LogP contribution in [0.5, 0.6) is 0 Å². The number of para-hydroxylation sites is 1. The van der Waals surface area contributed by atoms with Crippen molar-refractivity contribution < 1.29 is 9.59 Å². The van der Waals surface area contributed by atoms with E-state index in [9.17, 15) is 9.59 Å². The average Bonchev–Trinajstić information content (AvgIpc) is 3.27. The number of nitrogens with zero attached hydrogens (tertiary/aromatic N) is 3. The van der Waals surface area contributed by atoms with Gasteiger partial charge in [-0.2, -0.15) is 0 Å². The highest BCUT2D eigenvalue weighted by Gasteiger charge is 2.24. The lowest BCUT2D eigenvalue weighted by atomic mass is 10.1. The van der Waals surface area contributed by atoms with Gasteiger partial charge in [0.15, 0.2) is 0 Å². The van der Waals surface area contributed by atoms with Gasteiger partial charge in [-0.1, -0.05) is 31.0 Å². The maximum Gasteiger partial charge on any atom is 0.272 e. The molecule has 2 fully saturated rings. The van der Waals surface area contributed by atoms with Crippen molar-refractivity contribution in [3.8, 4) is 0 Å². The first-order chi connectivity index (χ1) is 13.7. The van der Waals surface area contributed by atoms with E-state index >= 15 is 0 Å². The maximum atomic E-state index is 12.9. The van der Waals surface area contributed by atoms with Crippen LogP contribution in [0.25, 0.3) is 0 Å². The minimum absolute atomic E-state index is 0.108. The van der Waals surface area contributed by atoms with Crippen LogP contribution in [0.3, 0.4) is 0 Å². The van der Waals surface area contributed by atoms with Crippen molar-refractivity contribution >= 4 is 17.5 Å². The summed E-state index contributed by atoms with van der Waals surface area (Å²) in [6.07, 6.45) is 5.96. The minimum atomic E-state index is -0.114.